The number of nitrogens with zero attached hydrogens (tertiary/aromatic N) is 1. The summed E-state index contributed by atoms with van der Waals surface area (Å²) in [5, 5.41) is 13.7. The lowest BCUT2D eigenvalue weighted by molar-refractivity contribution is -0.385. The van der Waals surface area contributed by atoms with E-state index >= 15 is 0 Å². The van der Waals surface area contributed by atoms with Crippen molar-refractivity contribution in [2.24, 2.45) is 0 Å². The number of ketones is 1. The zero-order valence-electron chi connectivity index (χ0n) is 10.7. The number of Topliss-reactive ketones (excluding diaryl/α,β-unsaturated/α-hetero) is 1. The number of rotatable bonds is 5. The van der Waals surface area contributed by atoms with Gasteiger partial charge in [0.1, 0.15) is 0 Å². The average molecular weight is 414 g/mol. The lowest BCUT2D eigenvalue weighted by Crippen LogP contribution is -2.14. The van der Waals surface area contributed by atoms with Gasteiger partial charge in [0.05, 0.1) is 17.2 Å². The number of nitro groups is 1. The Morgan fingerprint density at radius 3 is 2.24 bits per heavy atom. The van der Waals surface area contributed by atoms with Crippen LogP contribution in [0.3, 0.4) is 0 Å². The number of hydrogen-bond donors (Lipinski definition) is 1. The van der Waals surface area contributed by atoms with Gasteiger partial charge in [-0.25, -0.2) is 0 Å². The van der Waals surface area contributed by atoms with Gasteiger partial charge in [0.15, 0.2) is 5.78 Å². The van der Waals surface area contributed by atoms with Crippen LogP contribution in [0.5, 0.6) is 0 Å². The van der Waals surface area contributed by atoms with E-state index in [0.717, 1.165) is 0 Å². The molecule has 108 valence electrons. The van der Waals surface area contributed by atoms with E-state index in [0.29, 0.717) is 20.2 Å². The molecule has 0 heterocycles. The van der Waals surface area contributed by atoms with Gasteiger partial charge in [-0.15, -0.1) is 0 Å². The van der Waals surface area contributed by atoms with Gasteiger partial charge in [-0.05, 0) is 31.9 Å². The van der Waals surface area contributed by atoms with Crippen LogP contribution in [-0.4, -0.2) is 17.3 Å². The standard InChI is InChI=1S/C14H10Br2N2O3/c15-11-6-10(18(20)21)7-12(16)14(11)17-8-13(19)9-4-2-1-3-5-9/h1-7,17H,8H2. The van der Waals surface area contributed by atoms with Crippen molar-refractivity contribution >= 4 is 49.0 Å². The predicted molar refractivity (Wildman–Crippen MR) is 87.8 cm³/mol. The molecule has 2 aromatic rings. The summed E-state index contributed by atoms with van der Waals surface area (Å²) in [6, 6.07) is 11.7. The summed E-state index contributed by atoms with van der Waals surface area (Å²) >= 11 is 6.53. The fourth-order valence-electron chi connectivity index (χ4n) is 1.73. The van der Waals surface area contributed by atoms with Gasteiger partial charge in [0, 0.05) is 26.6 Å². The highest BCUT2D eigenvalue weighted by molar-refractivity contribution is 9.11. The zero-order chi connectivity index (χ0) is 15.4. The second-order valence-corrected chi connectivity index (χ2v) is 5.89. The van der Waals surface area contributed by atoms with Crippen LogP contribution in [-0.2, 0) is 0 Å². The fraction of sp³-hybridized carbons (Fsp3) is 0.0714. The van der Waals surface area contributed by atoms with Crippen molar-refractivity contribution in [1.29, 1.82) is 0 Å². The topological polar surface area (TPSA) is 72.2 Å². The molecule has 0 fully saturated rings. The van der Waals surface area contributed by atoms with E-state index in [-0.39, 0.29) is 18.0 Å². The highest BCUT2D eigenvalue weighted by Crippen LogP contribution is 2.35. The van der Waals surface area contributed by atoms with Crippen molar-refractivity contribution in [3.63, 3.8) is 0 Å². The largest absolute Gasteiger partial charge is 0.376 e. The molecule has 0 spiro atoms. The van der Waals surface area contributed by atoms with Crippen LogP contribution in [0.1, 0.15) is 10.4 Å². The molecular formula is C14H10Br2N2O3. The number of nitro benzene ring substituents is 1. The molecule has 0 saturated carbocycles. The maximum Gasteiger partial charge on any atom is 0.271 e. The Bertz CT molecular complexity index is 667. The summed E-state index contributed by atoms with van der Waals surface area (Å²) in [5.41, 5.74) is 1.18. The predicted octanol–water partition coefficient (Wildman–Crippen LogP) is 4.41. The summed E-state index contributed by atoms with van der Waals surface area (Å²) in [4.78, 5) is 22.3. The summed E-state index contributed by atoms with van der Waals surface area (Å²) in [7, 11) is 0. The van der Waals surface area contributed by atoms with Gasteiger partial charge < -0.3 is 5.32 Å². The van der Waals surface area contributed by atoms with Crippen LogP contribution in [0.2, 0.25) is 0 Å². The van der Waals surface area contributed by atoms with Crippen molar-refractivity contribution in [1.82, 2.24) is 0 Å². The Morgan fingerprint density at radius 2 is 1.71 bits per heavy atom. The second-order valence-electron chi connectivity index (χ2n) is 4.18. The van der Waals surface area contributed by atoms with Gasteiger partial charge in [-0.2, -0.15) is 0 Å². The SMILES string of the molecule is O=C(CNc1c(Br)cc([N+](=O)[O-])cc1Br)c1ccccc1. The van der Waals surface area contributed by atoms with E-state index in [1.807, 2.05) is 6.07 Å². The van der Waals surface area contributed by atoms with E-state index in [2.05, 4.69) is 37.2 Å². The summed E-state index contributed by atoms with van der Waals surface area (Å²) in [6.07, 6.45) is 0. The Labute approximate surface area is 137 Å². The third kappa shape index (κ3) is 3.89. The van der Waals surface area contributed by atoms with Crippen LogP contribution >= 0.6 is 31.9 Å². The summed E-state index contributed by atoms with van der Waals surface area (Å²) in [6.45, 7) is 0.0963. The van der Waals surface area contributed by atoms with Crippen LogP contribution in [0.25, 0.3) is 0 Å². The Hall–Kier alpha value is -1.73. The van der Waals surface area contributed by atoms with Crippen molar-refractivity contribution < 1.29 is 9.72 Å². The van der Waals surface area contributed by atoms with E-state index in [1.54, 1.807) is 24.3 Å². The zero-order valence-corrected chi connectivity index (χ0v) is 13.8. The molecule has 0 aliphatic carbocycles. The molecule has 0 atom stereocenters. The quantitative estimate of drug-likeness (QED) is 0.447. The normalized spacial score (nSPS) is 10.2. The van der Waals surface area contributed by atoms with E-state index in [9.17, 15) is 14.9 Å². The molecular weight excluding hydrogens is 404 g/mol. The second kappa shape index (κ2) is 6.82. The number of halogens is 2. The van der Waals surface area contributed by atoms with Gasteiger partial charge in [0.25, 0.3) is 5.69 Å². The van der Waals surface area contributed by atoms with Crippen molar-refractivity contribution in [3.8, 4) is 0 Å². The highest BCUT2D eigenvalue weighted by Gasteiger charge is 2.15. The van der Waals surface area contributed by atoms with Crippen molar-refractivity contribution in [2.45, 2.75) is 0 Å². The molecule has 2 rings (SSSR count). The summed E-state index contributed by atoms with van der Waals surface area (Å²) in [5.74, 6) is -0.0623. The first-order valence-electron chi connectivity index (χ1n) is 5.94. The minimum atomic E-state index is -0.478. The van der Waals surface area contributed by atoms with Gasteiger partial charge in [-0.3, -0.25) is 14.9 Å². The molecule has 0 aliphatic heterocycles. The lowest BCUT2D eigenvalue weighted by Gasteiger charge is -2.10. The van der Waals surface area contributed by atoms with Crippen LogP contribution in [0, 0.1) is 10.1 Å². The van der Waals surface area contributed by atoms with Crippen LogP contribution in [0.15, 0.2) is 51.4 Å². The molecule has 1 N–H and O–H groups in total. The maximum atomic E-state index is 12.0. The minimum Gasteiger partial charge on any atom is -0.376 e. The fourth-order valence-corrected chi connectivity index (χ4v) is 3.17. The van der Waals surface area contributed by atoms with Crippen LogP contribution < -0.4 is 5.32 Å². The average Bonchev–Trinajstić information content (AvgIpc) is 2.46. The number of benzene rings is 2. The number of carbonyl (C=O) groups excluding carboxylic acids is 1. The lowest BCUT2D eigenvalue weighted by atomic mass is 10.1. The van der Waals surface area contributed by atoms with E-state index < -0.39 is 4.92 Å². The molecule has 0 aliphatic rings. The molecule has 2 aromatic carbocycles. The monoisotopic (exact) mass is 412 g/mol. The molecule has 0 saturated heterocycles. The molecule has 21 heavy (non-hydrogen) atoms. The minimum absolute atomic E-state index is 0.0336. The number of anilines is 1. The molecule has 0 radical (unpaired) electrons. The van der Waals surface area contributed by atoms with Crippen LogP contribution in [0.4, 0.5) is 11.4 Å². The molecule has 0 amide bonds. The highest BCUT2D eigenvalue weighted by atomic mass is 79.9. The Balaban J connectivity index is 2.14. The first-order valence-corrected chi connectivity index (χ1v) is 7.53. The first-order chi connectivity index (χ1) is 9.99. The molecule has 0 unspecified atom stereocenters. The molecule has 7 heteroatoms. The number of carbonyl (C=O) groups is 1. The number of non-ortho nitro benzene ring substituents is 1. The third-order valence-corrected chi connectivity index (χ3v) is 4.01. The Morgan fingerprint density at radius 1 is 1.14 bits per heavy atom. The maximum absolute atomic E-state index is 12.0. The number of hydrogen-bond acceptors (Lipinski definition) is 4. The first kappa shape index (κ1) is 15.7. The van der Waals surface area contributed by atoms with E-state index in [1.165, 1.54) is 12.1 Å². The molecule has 0 bridgehead atoms. The summed E-state index contributed by atoms with van der Waals surface area (Å²) < 4.78 is 1.04. The molecule has 5 nitrogen and oxygen atoms in total. The third-order valence-electron chi connectivity index (χ3n) is 2.76. The Kier molecular flexibility index (Phi) is 5.08. The van der Waals surface area contributed by atoms with Gasteiger partial charge in [0.2, 0.25) is 0 Å². The van der Waals surface area contributed by atoms with Gasteiger partial charge >= 0.3 is 0 Å². The van der Waals surface area contributed by atoms with E-state index in [4.69, 9.17) is 0 Å². The van der Waals surface area contributed by atoms with Crippen molar-refractivity contribution in [2.75, 3.05) is 11.9 Å². The van der Waals surface area contributed by atoms with Gasteiger partial charge in [-0.1, -0.05) is 30.3 Å². The number of nitrogens with one attached hydrogen (secondary N) is 1. The molecule has 0 aromatic heterocycles. The smallest absolute Gasteiger partial charge is 0.271 e. The van der Waals surface area contributed by atoms with Crippen molar-refractivity contribution in [3.05, 3.63) is 67.1 Å².